The van der Waals surface area contributed by atoms with Crippen molar-refractivity contribution in [3.05, 3.63) is 34.9 Å². The molecule has 1 fully saturated rings. The number of halogens is 1. The lowest BCUT2D eigenvalue weighted by Crippen LogP contribution is -2.15. The van der Waals surface area contributed by atoms with E-state index in [4.69, 9.17) is 11.6 Å². The molecule has 1 saturated carbocycles. The van der Waals surface area contributed by atoms with Crippen molar-refractivity contribution in [2.24, 2.45) is 5.92 Å². The van der Waals surface area contributed by atoms with Crippen LogP contribution in [0.2, 0.25) is 5.02 Å². The Kier molecular flexibility index (Phi) is 3.09. The first-order valence-corrected chi connectivity index (χ1v) is 5.56. The average Bonchev–Trinajstić information content (AvgIpc) is 2.52. The Bertz CT molecular complexity index is 311. The normalized spacial score (nSPS) is 26.7. The molecule has 1 aliphatic carbocycles. The molecule has 0 aromatic heterocycles. The molecule has 2 heteroatoms. The van der Waals surface area contributed by atoms with Crippen LogP contribution >= 0.6 is 11.6 Å². The van der Waals surface area contributed by atoms with Gasteiger partial charge in [-0.05, 0) is 42.9 Å². The first-order chi connectivity index (χ1) is 6.75. The maximum Gasteiger partial charge on any atom is 0.0571 e. The fourth-order valence-corrected chi connectivity index (χ4v) is 2.43. The van der Waals surface area contributed by atoms with E-state index >= 15 is 0 Å². The molecular formula is C12H15ClO. The smallest absolute Gasteiger partial charge is 0.0571 e. The van der Waals surface area contributed by atoms with Crippen LogP contribution < -0.4 is 0 Å². The lowest BCUT2D eigenvalue weighted by atomic mass is 9.96. The minimum absolute atomic E-state index is 0.103. The summed E-state index contributed by atoms with van der Waals surface area (Å²) < 4.78 is 0. The van der Waals surface area contributed by atoms with Gasteiger partial charge in [-0.3, -0.25) is 0 Å². The number of aliphatic hydroxyl groups is 1. The molecule has 76 valence electrons. The zero-order valence-electron chi connectivity index (χ0n) is 8.12. The summed E-state index contributed by atoms with van der Waals surface area (Å²) in [6.45, 7) is 0. The summed E-state index contributed by atoms with van der Waals surface area (Å²) in [4.78, 5) is 0. The summed E-state index contributed by atoms with van der Waals surface area (Å²) in [6, 6.07) is 7.93. The van der Waals surface area contributed by atoms with Gasteiger partial charge < -0.3 is 5.11 Å². The molecule has 0 aliphatic heterocycles. The fourth-order valence-electron chi connectivity index (χ4n) is 2.22. The standard InChI is InChI=1S/C12H15ClO/c13-11-5-1-3-9(8-11)7-10-4-2-6-12(10)14/h1,3,5,8,10,12,14H,2,4,6-7H2/t10-,12+/m1/s1. The van der Waals surface area contributed by atoms with Crippen LogP contribution in [0.4, 0.5) is 0 Å². The van der Waals surface area contributed by atoms with Gasteiger partial charge in [-0.1, -0.05) is 30.2 Å². The fraction of sp³-hybridized carbons (Fsp3) is 0.500. The second-order valence-corrected chi connectivity index (χ2v) is 4.53. The first kappa shape index (κ1) is 10.0. The molecule has 0 bridgehead atoms. The second-order valence-electron chi connectivity index (χ2n) is 4.09. The highest BCUT2D eigenvalue weighted by molar-refractivity contribution is 6.30. The van der Waals surface area contributed by atoms with E-state index < -0.39 is 0 Å². The third kappa shape index (κ3) is 2.28. The van der Waals surface area contributed by atoms with E-state index in [0.717, 1.165) is 30.7 Å². The number of hydrogen-bond acceptors (Lipinski definition) is 1. The van der Waals surface area contributed by atoms with Crippen molar-refractivity contribution in [2.45, 2.75) is 31.8 Å². The molecule has 1 N–H and O–H groups in total. The van der Waals surface area contributed by atoms with Gasteiger partial charge in [-0.15, -0.1) is 0 Å². The van der Waals surface area contributed by atoms with E-state index in [9.17, 15) is 5.11 Å². The predicted molar refractivity (Wildman–Crippen MR) is 58.5 cm³/mol. The van der Waals surface area contributed by atoms with Gasteiger partial charge in [0.15, 0.2) is 0 Å². The van der Waals surface area contributed by atoms with E-state index in [1.165, 1.54) is 5.56 Å². The van der Waals surface area contributed by atoms with E-state index in [0.29, 0.717) is 5.92 Å². The molecule has 0 heterocycles. The van der Waals surface area contributed by atoms with Gasteiger partial charge >= 0.3 is 0 Å². The van der Waals surface area contributed by atoms with Crippen LogP contribution in [0.25, 0.3) is 0 Å². The Morgan fingerprint density at radius 3 is 2.86 bits per heavy atom. The van der Waals surface area contributed by atoms with Crippen molar-refractivity contribution in [3.63, 3.8) is 0 Å². The highest BCUT2D eigenvalue weighted by Gasteiger charge is 2.24. The Morgan fingerprint density at radius 2 is 2.21 bits per heavy atom. The van der Waals surface area contributed by atoms with E-state index in [2.05, 4.69) is 6.07 Å². The molecule has 0 radical (unpaired) electrons. The van der Waals surface area contributed by atoms with Gasteiger partial charge in [-0.2, -0.15) is 0 Å². The summed E-state index contributed by atoms with van der Waals surface area (Å²) in [6.07, 6.45) is 4.13. The van der Waals surface area contributed by atoms with Crippen LogP contribution in [0.5, 0.6) is 0 Å². The average molecular weight is 211 g/mol. The maximum atomic E-state index is 9.69. The summed E-state index contributed by atoms with van der Waals surface area (Å²) in [7, 11) is 0. The van der Waals surface area contributed by atoms with Gasteiger partial charge in [0.2, 0.25) is 0 Å². The molecule has 1 nitrogen and oxygen atoms in total. The van der Waals surface area contributed by atoms with Crippen molar-refractivity contribution in [1.82, 2.24) is 0 Å². The molecule has 1 aromatic carbocycles. The largest absolute Gasteiger partial charge is 0.393 e. The molecule has 1 aromatic rings. The number of hydrogen-bond donors (Lipinski definition) is 1. The van der Waals surface area contributed by atoms with Gasteiger partial charge in [0.1, 0.15) is 0 Å². The molecule has 0 saturated heterocycles. The van der Waals surface area contributed by atoms with E-state index in [1.54, 1.807) is 0 Å². The monoisotopic (exact) mass is 210 g/mol. The second kappa shape index (κ2) is 4.33. The summed E-state index contributed by atoms with van der Waals surface area (Å²) in [5, 5.41) is 10.5. The third-order valence-electron chi connectivity index (χ3n) is 3.01. The minimum Gasteiger partial charge on any atom is -0.393 e. The molecule has 0 spiro atoms. The Balaban J connectivity index is 2.03. The highest BCUT2D eigenvalue weighted by atomic mass is 35.5. The van der Waals surface area contributed by atoms with E-state index in [-0.39, 0.29) is 6.10 Å². The third-order valence-corrected chi connectivity index (χ3v) is 3.24. The maximum absolute atomic E-state index is 9.69. The van der Waals surface area contributed by atoms with Gasteiger partial charge in [0.25, 0.3) is 0 Å². The molecular weight excluding hydrogens is 196 g/mol. The van der Waals surface area contributed by atoms with Crippen LogP contribution in [-0.2, 0) is 6.42 Å². The summed E-state index contributed by atoms with van der Waals surface area (Å²) in [5.74, 6) is 0.438. The number of aliphatic hydroxyl groups excluding tert-OH is 1. The van der Waals surface area contributed by atoms with Crippen molar-refractivity contribution < 1.29 is 5.11 Å². The topological polar surface area (TPSA) is 20.2 Å². The van der Waals surface area contributed by atoms with Gasteiger partial charge in [0.05, 0.1) is 6.10 Å². The zero-order valence-corrected chi connectivity index (χ0v) is 8.87. The van der Waals surface area contributed by atoms with Crippen molar-refractivity contribution >= 4 is 11.6 Å². The van der Waals surface area contributed by atoms with Crippen molar-refractivity contribution in [2.75, 3.05) is 0 Å². The molecule has 1 aliphatic rings. The lowest BCUT2D eigenvalue weighted by Gasteiger charge is -2.14. The SMILES string of the molecule is O[C@H]1CCC[C@@H]1Cc1cccc(Cl)c1. The van der Waals surface area contributed by atoms with Gasteiger partial charge in [0, 0.05) is 5.02 Å². The number of rotatable bonds is 2. The molecule has 2 rings (SSSR count). The molecule has 2 atom stereocenters. The molecule has 14 heavy (non-hydrogen) atoms. The van der Waals surface area contributed by atoms with Crippen LogP contribution in [0.15, 0.2) is 24.3 Å². The minimum atomic E-state index is -0.103. The molecule has 0 amide bonds. The Morgan fingerprint density at radius 1 is 1.36 bits per heavy atom. The lowest BCUT2D eigenvalue weighted by molar-refractivity contribution is 0.132. The van der Waals surface area contributed by atoms with Gasteiger partial charge in [-0.25, -0.2) is 0 Å². The van der Waals surface area contributed by atoms with Crippen LogP contribution in [0.3, 0.4) is 0 Å². The number of benzene rings is 1. The van der Waals surface area contributed by atoms with Crippen LogP contribution in [0.1, 0.15) is 24.8 Å². The molecule has 0 unspecified atom stereocenters. The van der Waals surface area contributed by atoms with E-state index in [1.807, 2.05) is 18.2 Å². The first-order valence-electron chi connectivity index (χ1n) is 5.18. The van der Waals surface area contributed by atoms with Crippen LogP contribution in [0, 0.1) is 5.92 Å². The zero-order chi connectivity index (χ0) is 9.97. The highest BCUT2D eigenvalue weighted by Crippen LogP contribution is 2.29. The van der Waals surface area contributed by atoms with Crippen molar-refractivity contribution in [3.8, 4) is 0 Å². The quantitative estimate of drug-likeness (QED) is 0.796. The Hall–Kier alpha value is -0.530. The summed E-state index contributed by atoms with van der Waals surface area (Å²) >= 11 is 5.90. The predicted octanol–water partition coefficient (Wildman–Crippen LogP) is 3.04. The van der Waals surface area contributed by atoms with Crippen LogP contribution in [-0.4, -0.2) is 11.2 Å². The Labute approximate surface area is 89.7 Å². The van der Waals surface area contributed by atoms with Crippen molar-refractivity contribution in [1.29, 1.82) is 0 Å². The summed E-state index contributed by atoms with van der Waals surface area (Å²) in [5.41, 5.74) is 1.24.